The van der Waals surface area contributed by atoms with Gasteiger partial charge in [0.25, 0.3) is 0 Å². The standard InChI is InChI=1S/C25H41N5/c1-20(17-26)29-25(16-23-12-8-7-9-13-23)21(2)28-19-24(18-27-4)22(3)30-14-10-5-6-11-15-30/h7-9,12-13,24-25,27-29H,1-3,5-6,10-11,14-19,26H2,4H3. The molecule has 1 fully saturated rings. The number of rotatable bonds is 13. The number of nitrogens with two attached hydrogens (primary N) is 1. The topological polar surface area (TPSA) is 65.3 Å². The maximum atomic E-state index is 5.77. The third-order valence-corrected chi connectivity index (χ3v) is 5.84. The maximum absolute atomic E-state index is 5.77. The average molecular weight is 412 g/mol. The summed E-state index contributed by atoms with van der Waals surface area (Å²) < 4.78 is 0. The van der Waals surface area contributed by atoms with Crippen LogP contribution in [0.5, 0.6) is 0 Å². The third-order valence-electron chi connectivity index (χ3n) is 5.84. The van der Waals surface area contributed by atoms with Crippen LogP contribution in [0.15, 0.2) is 67.2 Å². The van der Waals surface area contributed by atoms with Gasteiger partial charge in [-0.15, -0.1) is 0 Å². The maximum Gasteiger partial charge on any atom is 0.0691 e. The molecule has 1 aliphatic rings. The molecule has 2 unspecified atom stereocenters. The lowest BCUT2D eigenvalue weighted by Crippen LogP contribution is -2.42. The van der Waals surface area contributed by atoms with Crippen molar-refractivity contribution in [2.24, 2.45) is 11.7 Å². The highest BCUT2D eigenvalue weighted by atomic mass is 15.1. The summed E-state index contributed by atoms with van der Waals surface area (Å²) in [5.74, 6) is 0.319. The van der Waals surface area contributed by atoms with Crippen LogP contribution in [0.2, 0.25) is 0 Å². The molecular formula is C25H41N5. The van der Waals surface area contributed by atoms with E-state index in [1.165, 1.54) is 36.9 Å². The van der Waals surface area contributed by atoms with Crippen molar-refractivity contribution >= 4 is 0 Å². The Morgan fingerprint density at radius 2 is 1.70 bits per heavy atom. The molecule has 5 nitrogen and oxygen atoms in total. The highest BCUT2D eigenvalue weighted by molar-refractivity contribution is 5.21. The van der Waals surface area contributed by atoms with Crippen molar-refractivity contribution < 1.29 is 0 Å². The largest absolute Gasteiger partial charge is 0.386 e. The van der Waals surface area contributed by atoms with Crippen molar-refractivity contribution in [2.45, 2.75) is 38.1 Å². The Labute approximate surface area is 183 Å². The third kappa shape index (κ3) is 7.88. The fourth-order valence-corrected chi connectivity index (χ4v) is 3.96. The van der Waals surface area contributed by atoms with E-state index < -0.39 is 0 Å². The minimum absolute atomic E-state index is 0.0325. The van der Waals surface area contributed by atoms with Crippen LogP contribution < -0.4 is 21.7 Å². The van der Waals surface area contributed by atoms with Gasteiger partial charge in [-0.3, -0.25) is 0 Å². The normalized spacial score (nSPS) is 16.3. The van der Waals surface area contributed by atoms with Crippen LogP contribution in [0.1, 0.15) is 31.2 Å². The molecule has 30 heavy (non-hydrogen) atoms. The smallest absolute Gasteiger partial charge is 0.0691 e. The molecule has 0 spiro atoms. The van der Waals surface area contributed by atoms with Crippen LogP contribution in [0.3, 0.4) is 0 Å². The highest BCUT2D eigenvalue weighted by Crippen LogP contribution is 2.19. The Hall–Kier alpha value is -2.24. The summed E-state index contributed by atoms with van der Waals surface area (Å²) in [6.45, 7) is 17.2. The molecule has 1 aliphatic heterocycles. The Bertz CT molecular complexity index is 661. The first-order valence-electron chi connectivity index (χ1n) is 11.2. The summed E-state index contributed by atoms with van der Waals surface area (Å²) in [6.07, 6.45) is 6.00. The Morgan fingerprint density at radius 3 is 2.30 bits per heavy atom. The number of benzene rings is 1. The Kier molecular flexibility index (Phi) is 10.5. The van der Waals surface area contributed by atoms with Gasteiger partial charge in [0.1, 0.15) is 0 Å². The fraction of sp³-hybridized carbons (Fsp3) is 0.520. The van der Waals surface area contributed by atoms with Gasteiger partial charge in [-0.25, -0.2) is 0 Å². The van der Waals surface area contributed by atoms with E-state index >= 15 is 0 Å². The summed E-state index contributed by atoms with van der Waals surface area (Å²) in [4.78, 5) is 2.48. The molecule has 1 aromatic carbocycles. The first-order chi connectivity index (χ1) is 14.5. The van der Waals surface area contributed by atoms with Crippen LogP contribution in [-0.2, 0) is 6.42 Å². The summed E-state index contributed by atoms with van der Waals surface area (Å²) in [6, 6.07) is 10.5. The lowest BCUT2D eigenvalue weighted by atomic mass is 10.0. The van der Waals surface area contributed by atoms with Crippen molar-refractivity contribution in [3.63, 3.8) is 0 Å². The second-order valence-corrected chi connectivity index (χ2v) is 8.25. The fourth-order valence-electron chi connectivity index (χ4n) is 3.96. The number of hydrogen-bond acceptors (Lipinski definition) is 5. The number of nitrogens with zero attached hydrogens (tertiary/aromatic N) is 1. The van der Waals surface area contributed by atoms with E-state index in [1.54, 1.807) is 0 Å². The van der Waals surface area contributed by atoms with Gasteiger partial charge in [0.15, 0.2) is 0 Å². The minimum Gasteiger partial charge on any atom is -0.386 e. The van der Waals surface area contributed by atoms with Gasteiger partial charge in [-0.1, -0.05) is 62.9 Å². The summed E-state index contributed by atoms with van der Waals surface area (Å²) in [7, 11) is 2.00. The van der Waals surface area contributed by atoms with Crippen molar-refractivity contribution in [1.29, 1.82) is 0 Å². The van der Waals surface area contributed by atoms with Crippen LogP contribution in [-0.4, -0.2) is 50.7 Å². The second-order valence-electron chi connectivity index (χ2n) is 8.25. The zero-order valence-electron chi connectivity index (χ0n) is 18.8. The molecule has 2 rings (SSSR count). The predicted octanol–water partition coefficient (Wildman–Crippen LogP) is 2.99. The van der Waals surface area contributed by atoms with E-state index in [0.29, 0.717) is 12.5 Å². The first kappa shape index (κ1) is 24.0. The molecule has 0 amide bonds. The molecule has 2 atom stereocenters. The van der Waals surface area contributed by atoms with E-state index in [1.807, 2.05) is 13.1 Å². The van der Waals surface area contributed by atoms with E-state index in [9.17, 15) is 0 Å². The zero-order chi connectivity index (χ0) is 21.8. The molecule has 0 aliphatic carbocycles. The van der Waals surface area contributed by atoms with Crippen LogP contribution in [0, 0.1) is 5.92 Å². The molecule has 0 aromatic heterocycles. The van der Waals surface area contributed by atoms with Crippen LogP contribution in [0.4, 0.5) is 0 Å². The second kappa shape index (κ2) is 13.1. The summed E-state index contributed by atoms with van der Waals surface area (Å²) in [5, 5.41) is 10.4. The SMILES string of the molecule is C=C(CN)NC(Cc1ccccc1)C(=C)NCC(CNC)C(=C)N1CCCCCC1. The minimum atomic E-state index is 0.0325. The van der Waals surface area contributed by atoms with Crippen molar-refractivity contribution in [3.8, 4) is 0 Å². The molecule has 1 aromatic rings. The van der Waals surface area contributed by atoms with E-state index in [2.05, 4.69) is 64.9 Å². The molecule has 0 saturated carbocycles. The molecule has 5 heteroatoms. The van der Waals surface area contributed by atoms with Gasteiger partial charge >= 0.3 is 0 Å². The molecular weight excluding hydrogens is 370 g/mol. The lowest BCUT2D eigenvalue weighted by Gasteiger charge is -2.32. The molecule has 0 bridgehead atoms. The summed E-state index contributed by atoms with van der Waals surface area (Å²) >= 11 is 0. The van der Waals surface area contributed by atoms with Crippen LogP contribution in [0.25, 0.3) is 0 Å². The zero-order valence-corrected chi connectivity index (χ0v) is 18.8. The number of hydrogen-bond donors (Lipinski definition) is 4. The van der Waals surface area contributed by atoms with Crippen molar-refractivity contribution in [3.05, 3.63) is 72.7 Å². The monoisotopic (exact) mass is 411 g/mol. The molecule has 0 radical (unpaired) electrons. The molecule has 1 saturated heterocycles. The Balaban J connectivity index is 2.00. The van der Waals surface area contributed by atoms with Gasteiger partial charge in [-0.2, -0.15) is 0 Å². The highest BCUT2D eigenvalue weighted by Gasteiger charge is 2.21. The lowest BCUT2D eigenvalue weighted by molar-refractivity contribution is 0.306. The van der Waals surface area contributed by atoms with Crippen LogP contribution >= 0.6 is 0 Å². The molecule has 1 heterocycles. The van der Waals surface area contributed by atoms with Gasteiger partial charge < -0.3 is 26.6 Å². The number of nitrogens with one attached hydrogen (secondary N) is 3. The average Bonchev–Trinajstić information content (AvgIpc) is 3.05. The van der Waals surface area contributed by atoms with Gasteiger partial charge in [0, 0.05) is 55.7 Å². The quantitative estimate of drug-likeness (QED) is 0.402. The van der Waals surface area contributed by atoms with Crippen molar-refractivity contribution in [1.82, 2.24) is 20.9 Å². The molecule has 5 N–H and O–H groups in total. The van der Waals surface area contributed by atoms with E-state index in [-0.39, 0.29) is 6.04 Å². The van der Waals surface area contributed by atoms with Crippen molar-refractivity contribution in [2.75, 3.05) is 39.8 Å². The van der Waals surface area contributed by atoms with Gasteiger partial charge in [0.2, 0.25) is 0 Å². The van der Waals surface area contributed by atoms with E-state index in [4.69, 9.17) is 5.73 Å². The number of likely N-dealkylation sites (tertiary alicyclic amines) is 1. The Morgan fingerprint density at radius 1 is 1.03 bits per heavy atom. The van der Waals surface area contributed by atoms with E-state index in [0.717, 1.165) is 44.0 Å². The molecule has 166 valence electrons. The van der Waals surface area contributed by atoms with Gasteiger partial charge in [0.05, 0.1) is 6.04 Å². The van der Waals surface area contributed by atoms with Gasteiger partial charge in [-0.05, 0) is 31.9 Å². The first-order valence-corrected chi connectivity index (χ1v) is 11.2. The predicted molar refractivity (Wildman–Crippen MR) is 129 cm³/mol. The summed E-state index contributed by atoms with van der Waals surface area (Å²) in [5.41, 5.74) is 10.0.